The van der Waals surface area contributed by atoms with Crippen LogP contribution < -0.4 is 26.6 Å². The summed E-state index contributed by atoms with van der Waals surface area (Å²) in [6.07, 6.45) is -5.75. The molecule has 3 saturated carbocycles. The minimum absolute atomic E-state index is 0.00720. The zero-order valence-corrected chi connectivity index (χ0v) is 49.5. The number of halogens is 10. The van der Waals surface area contributed by atoms with Crippen molar-refractivity contribution in [2.24, 2.45) is 35.5 Å². The number of likely N-dealkylation sites (N-methyl/N-ethyl adjacent to an activating group) is 1. The Kier molecular flexibility index (Phi) is 19.9. The monoisotopic (exact) mass is 1240 g/mol. The third-order valence-corrected chi connectivity index (χ3v) is 17.6. The summed E-state index contributed by atoms with van der Waals surface area (Å²) in [6, 6.07) is 1.60. The molecular weight excluding hydrogens is 1160 g/mol. The zero-order chi connectivity index (χ0) is 63.8. The molecule has 1 aliphatic heterocycles. The maximum absolute atomic E-state index is 16.3. The van der Waals surface area contributed by atoms with Crippen molar-refractivity contribution >= 4 is 46.8 Å². The molecule has 1 saturated heterocycles. The average molecular weight is 1240 g/mol. The summed E-state index contributed by atoms with van der Waals surface area (Å²) in [5.41, 5.74) is 0.145. The molecule has 27 heteroatoms. The third-order valence-electron chi connectivity index (χ3n) is 17.6. The molecule has 4 fully saturated rings. The standard InChI is InChI=1S/C60H74F10N10O7/c1-29(2)79-46(13-18-71-79)53(82)76-50(56(85)74-45-21-30(3)39(25-42(45)61)33(6)52(81)77-51(60(68,69)70)37-15-20-87-27-37)48(35-9-10-35)41-24-38(41)23-32(5)80-47(14-19-72-80)54(83)75-49(36-11-16-58(63,64)17-12-36)55(84)73-44-22-31(4)40(26-43(44)62)34(7)57(86)78(8)28-59(65,66)67/h13-14,18-19,21-22,25-26,29,32-38,41,48-51H,9-12,15-17,20,23-24,27-28H2,1-8H3,(H,73,84)(H,74,85)(H,75,83)(H,76,82)(H,77,81)/t32?,33?,34?,37?,38?,41?,48?,49-,50-,51?/m0/s1. The van der Waals surface area contributed by atoms with Gasteiger partial charge in [0.25, 0.3) is 11.8 Å². The predicted molar refractivity (Wildman–Crippen MR) is 298 cm³/mol. The van der Waals surface area contributed by atoms with Crippen molar-refractivity contribution in [2.75, 3.05) is 37.4 Å². The molecule has 2 aromatic heterocycles. The molecule has 17 nitrogen and oxygen atoms in total. The van der Waals surface area contributed by atoms with Crippen LogP contribution in [0, 0.1) is 61.0 Å². The molecule has 5 N–H and O–H groups in total. The first-order valence-electron chi connectivity index (χ1n) is 29.3. The largest absolute Gasteiger partial charge is 0.408 e. The van der Waals surface area contributed by atoms with Gasteiger partial charge in [0.1, 0.15) is 47.7 Å². The van der Waals surface area contributed by atoms with Crippen molar-refractivity contribution in [3.8, 4) is 0 Å². The quantitative estimate of drug-likeness (QED) is 0.0447. The van der Waals surface area contributed by atoms with Gasteiger partial charge in [0.2, 0.25) is 29.6 Å². The van der Waals surface area contributed by atoms with E-state index in [0.717, 1.165) is 19.2 Å². The lowest BCUT2D eigenvalue weighted by atomic mass is 9.81. The van der Waals surface area contributed by atoms with Gasteiger partial charge >= 0.3 is 12.4 Å². The van der Waals surface area contributed by atoms with E-state index in [2.05, 4.69) is 36.8 Å². The van der Waals surface area contributed by atoms with E-state index < -0.39 is 138 Å². The topological polar surface area (TPSA) is 211 Å². The second-order valence-electron chi connectivity index (χ2n) is 24.4. The van der Waals surface area contributed by atoms with Crippen LogP contribution in [0.25, 0.3) is 0 Å². The van der Waals surface area contributed by atoms with Crippen molar-refractivity contribution in [1.29, 1.82) is 0 Å². The number of aryl methyl sites for hydroxylation is 2. The molecule has 3 aliphatic carbocycles. The lowest BCUT2D eigenvalue weighted by Crippen LogP contribution is -2.51. The molecule has 0 radical (unpaired) electrons. The van der Waals surface area contributed by atoms with E-state index in [9.17, 15) is 63.9 Å². The number of nitrogens with one attached hydrogen (secondary N) is 5. The fourth-order valence-electron chi connectivity index (χ4n) is 12.7. The molecular formula is C60H74F10N10O7. The Bertz CT molecular complexity index is 3180. The highest BCUT2D eigenvalue weighted by atomic mass is 19.4. The summed E-state index contributed by atoms with van der Waals surface area (Å²) in [7, 11) is 0.965. The first-order chi connectivity index (χ1) is 40.7. The minimum atomic E-state index is -4.77. The van der Waals surface area contributed by atoms with Gasteiger partial charge in [0.05, 0.1) is 35.9 Å². The van der Waals surface area contributed by atoms with Crippen molar-refractivity contribution in [1.82, 2.24) is 40.4 Å². The number of carbonyl (C=O) groups is 6. The number of hydrogen-bond donors (Lipinski definition) is 5. The summed E-state index contributed by atoms with van der Waals surface area (Å²) in [4.78, 5) is 84.2. The normalized spacial score (nSPS) is 21.2. The lowest BCUT2D eigenvalue weighted by molar-refractivity contribution is -0.172. The number of alkyl halides is 8. The lowest BCUT2D eigenvalue weighted by Gasteiger charge is -2.33. The van der Waals surface area contributed by atoms with E-state index in [1.54, 1.807) is 6.92 Å². The molecule has 87 heavy (non-hydrogen) atoms. The number of rotatable bonds is 23. The Morgan fingerprint density at radius 2 is 1.25 bits per heavy atom. The molecule has 8 rings (SSSR count). The summed E-state index contributed by atoms with van der Waals surface area (Å²) in [5, 5.41) is 21.5. The van der Waals surface area contributed by atoms with Crippen LogP contribution in [0.4, 0.5) is 55.3 Å². The van der Waals surface area contributed by atoms with Crippen molar-refractivity contribution < 1.29 is 77.4 Å². The highest BCUT2D eigenvalue weighted by molar-refractivity contribution is 6.02. The Labute approximate surface area is 496 Å². The van der Waals surface area contributed by atoms with Crippen LogP contribution in [0.2, 0.25) is 0 Å². The smallest absolute Gasteiger partial charge is 0.381 e. The highest BCUT2D eigenvalue weighted by Gasteiger charge is 2.54. The van der Waals surface area contributed by atoms with Gasteiger partial charge in [-0.25, -0.2) is 17.6 Å². The number of amides is 6. The summed E-state index contributed by atoms with van der Waals surface area (Å²) in [5.74, 6) is -15.2. The van der Waals surface area contributed by atoms with Crippen LogP contribution in [-0.4, -0.2) is 123 Å². The number of ether oxygens (including phenoxy) is 1. The van der Waals surface area contributed by atoms with Gasteiger partial charge < -0.3 is 36.2 Å². The van der Waals surface area contributed by atoms with Crippen LogP contribution in [0.1, 0.15) is 160 Å². The molecule has 0 bridgehead atoms. The number of aromatic nitrogens is 4. The summed E-state index contributed by atoms with van der Waals surface area (Å²) >= 11 is 0. The maximum atomic E-state index is 16.3. The molecule has 0 spiro atoms. The van der Waals surface area contributed by atoms with Gasteiger partial charge in [0, 0.05) is 50.8 Å². The van der Waals surface area contributed by atoms with E-state index in [-0.39, 0.29) is 95.7 Å². The second kappa shape index (κ2) is 26.3. The Morgan fingerprint density at radius 3 is 1.79 bits per heavy atom. The Hall–Kier alpha value is -7.06. The molecule has 8 unspecified atom stereocenters. The van der Waals surface area contributed by atoms with E-state index in [4.69, 9.17) is 4.74 Å². The predicted octanol–water partition coefficient (Wildman–Crippen LogP) is 10.5. The second-order valence-corrected chi connectivity index (χ2v) is 24.4. The van der Waals surface area contributed by atoms with Crippen molar-refractivity contribution in [3.05, 3.63) is 94.1 Å². The molecule has 476 valence electrons. The molecule has 2 aromatic carbocycles. The average Bonchev–Trinajstić information content (AvgIpc) is 2.05. The van der Waals surface area contributed by atoms with Crippen LogP contribution in [0.3, 0.4) is 0 Å². The van der Waals surface area contributed by atoms with E-state index >= 15 is 8.78 Å². The van der Waals surface area contributed by atoms with Crippen molar-refractivity contribution in [2.45, 2.75) is 167 Å². The maximum Gasteiger partial charge on any atom is 0.408 e. The van der Waals surface area contributed by atoms with Gasteiger partial charge in [-0.2, -0.15) is 36.5 Å². The number of nitrogens with zero attached hydrogens (tertiary/aromatic N) is 5. The first-order valence-corrected chi connectivity index (χ1v) is 29.3. The molecule has 6 amide bonds. The summed E-state index contributed by atoms with van der Waals surface area (Å²) < 4.78 is 151. The Balaban J connectivity index is 0.984. The number of carbonyl (C=O) groups excluding carboxylic acids is 6. The van der Waals surface area contributed by atoms with Crippen LogP contribution in [-0.2, 0) is 23.9 Å². The minimum Gasteiger partial charge on any atom is -0.381 e. The van der Waals surface area contributed by atoms with Gasteiger partial charge in [-0.15, -0.1) is 0 Å². The van der Waals surface area contributed by atoms with E-state index in [0.29, 0.717) is 36.1 Å². The first kappa shape index (κ1) is 65.9. The van der Waals surface area contributed by atoms with E-state index in [1.807, 2.05) is 13.8 Å². The SMILES string of the molecule is Cc1cc(NC(=O)[C@@H](NC(=O)c2ccnn2C(C)C)C(C2CC2)C2CC2CC(C)n2nccc2C(=O)N[C@H](C(=O)Nc2cc(C)c(C(C)C(=O)N(C)CC(F)(F)F)cc2F)C2CCC(F)(F)CC2)c(F)cc1C(C)C(=O)NC(C1CCOC1)C(F)(F)F. The van der Waals surface area contributed by atoms with Crippen LogP contribution in [0.15, 0.2) is 48.8 Å². The molecule has 3 heterocycles. The van der Waals surface area contributed by atoms with Gasteiger partial charge in [-0.05, 0) is 182 Å². The molecule has 4 aliphatic rings. The fraction of sp³-hybridized carbons (Fsp3) is 0.600. The third kappa shape index (κ3) is 15.8. The molecule has 10 atom stereocenters. The number of anilines is 2. The summed E-state index contributed by atoms with van der Waals surface area (Å²) in [6.45, 7) is 9.48. The molecule has 4 aromatic rings. The van der Waals surface area contributed by atoms with Crippen molar-refractivity contribution in [3.63, 3.8) is 0 Å². The van der Waals surface area contributed by atoms with Crippen LogP contribution >= 0.6 is 0 Å². The van der Waals surface area contributed by atoms with Gasteiger partial charge in [0.15, 0.2) is 0 Å². The van der Waals surface area contributed by atoms with E-state index in [1.165, 1.54) is 73.7 Å². The highest BCUT2D eigenvalue weighted by Crippen LogP contribution is 2.57. The zero-order valence-electron chi connectivity index (χ0n) is 49.5. The van der Waals surface area contributed by atoms with Crippen LogP contribution in [0.5, 0.6) is 0 Å². The number of benzene rings is 2. The fourth-order valence-corrected chi connectivity index (χ4v) is 12.7. The van der Waals surface area contributed by atoms with Gasteiger partial charge in [-0.3, -0.25) is 38.1 Å². The van der Waals surface area contributed by atoms with Gasteiger partial charge in [-0.1, -0.05) is 0 Å². The number of hydrogen-bond acceptors (Lipinski definition) is 9. The Morgan fingerprint density at radius 1 is 0.701 bits per heavy atom.